The first-order valence-electron chi connectivity index (χ1n) is 8.92. The average molecular weight is 371 g/mol. The van der Waals surface area contributed by atoms with Crippen LogP contribution in [-0.2, 0) is 4.79 Å². The van der Waals surface area contributed by atoms with E-state index >= 15 is 0 Å². The number of carbonyl (C=O) groups is 2. The van der Waals surface area contributed by atoms with Gasteiger partial charge in [0.15, 0.2) is 5.69 Å². The standard InChI is InChI=1S/C21H17N5O2/c22-13-14-6-10-16(11-7-14)23-21(28)18-12-19(24-20(27)15-8-9-15)26(25-18)17-4-2-1-3-5-17/h1-7,10-12,15H,8-9H2,(H,23,28)(H,24,27). The molecular weight excluding hydrogens is 354 g/mol. The van der Waals surface area contributed by atoms with Crippen molar-refractivity contribution in [2.45, 2.75) is 12.8 Å². The normalized spacial score (nSPS) is 12.8. The fourth-order valence-electron chi connectivity index (χ4n) is 2.74. The zero-order valence-electron chi connectivity index (χ0n) is 14.9. The van der Waals surface area contributed by atoms with E-state index in [1.165, 1.54) is 0 Å². The molecule has 0 bridgehead atoms. The van der Waals surface area contributed by atoms with Crippen LogP contribution in [0.1, 0.15) is 28.9 Å². The number of aromatic nitrogens is 2. The van der Waals surface area contributed by atoms with Gasteiger partial charge in [-0.25, -0.2) is 4.68 Å². The molecule has 0 spiro atoms. The van der Waals surface area contributed by atoms with Gasteiger partial charge in [0.1, 0.15) is 5.82 Å². The van der Waals surface area contributed by atoms with E-state index in [0.717, 1.165) is 18.5 Å². The summed E-state index contributed by atoms with van der Waals surface area (Å²) in [6, 6.07) is 19.5. The summed E-state index contributed by atoms with van der Waals surface area (Å²) < 4.78 is 1.55. The van der Waals surface area contributed by atoms with Gasteiger partial charge in [0.05, 0.1) is 17.3 Å². The first kappa shape index (κ1) is 17.5. The maximum atomic E-state index is 12.6. The fourth-order valence-corrected chi connectivity index (χ4v) is 2.74. The molecule has 1 aromatic heterocycles. The van der Waals surface area contributed by atoms with E-state index < -0.39 is 5.91 Å². The summed E-state index contributed by atoms with van der Waals surface area (Å²) in [5.74, 6) is 0.0283. The topological polar surface area (TPSA) is 99.8 Å². The Morgan fingerprint density at radius 3 is 2.39 bits per heavy atom. The minimum absolute atomic E-state index is 0.0371. The Morgan fingerprint density at radius 1 is 1.04 bits per heavy atom. The molecule has 0 aliphatic heterocycles. The van der Waals surface area contributed by atoms with Crippen molar-refractivity contribution in [1.29, 1.82) is 5.26 Å². The molecule has 2 N–H and O–H groups in total. The Morgan fingerprint density at radius 2 is 1.75 bits per heavy atom. The van der Waals surface area contributed by atoms with Gasteiger partial charge in [0.25, 0.3) is 5.91 Å². The van der Waals surface area contributed by atoms with E-state index in [1.54, 1.807) is 35.0 Å². The van der Waals surface area contributed by atoms with Crippen molar-refractivity contribution in [2.24, 2.45) is 5.92 Å². The molecule has 138 valence electrons. The minimum Gasteiger partial charge on any atom is -0.321 e. The third-order valence-electron chi connectivity index (χ3n) is 4.41. The van der Waals surface area contributed by atoms with Crippen LogP contribution in [0.15, 0.2) is 60.7 Å². The number of amides is 2. The van der Waals surface area contributed by atoms with Crippen LogP contribution in [0.3, 0.4) is 0 Å². The predicted molar refractivity (Wildman–Crippen MR) is 104 cm³/mol. The monoisotopic (exact) mass is 371 g/mol. The van der Waals surface area contributed by atoms with Crippen molar-refractivity contribution in [3.8, 4) is 11.8 Å². The number of hydrogen-bond acceptors (Lipinski definition) is 4. The van der Waals surface area contributed by atoms with Crippen LogP contribution in [0.5, 0.6) is 0 Å². The molecule has 1 fully saturated rings. The lowest BCUT2D eigenvalue weighted by Crippen LogP contribution is -2.16. The van der Waals surface area contributed by atoms with Gasteiger partial charge in [0, 0.05) is 17.7 Å². The number of nitrogens with one attached hydrogen (secondary N) is 2. The summed E-state index contributed by atoms with van der Waals surface area (Å²) in [4.78, 5) is 24.8. The van der Waals surface area contributed by atoms with Crippen LogP contribution in [0.25, 0.3) is 5.69 Å². The van der Waals surface area contributed by atoms with Crippen molar-refractivity contribution >= 4 is 23.3 Å². The molecule has 28 heavy (non-hydrogen) atoms. The number of carbonyl (C=O) groups excluding carboxylic acids is 2. The summed E-state index contributed by atoms with van der Waals surface area (Å²) >= 11 is 0. The number of para-hydroxylation sites is 1. The van der Waals surface area contributed by atoms with E-state index in [1.807, 2.05) is 36.4 Å². The van der Waals surface area contributed by atoms with E-state index in [-0.39, 0.29) is 17.5 Å². The Balaban J connectivity index is 1.60. The highest BCUT2D eigenvalue weighted by Crippen LogP contribution is 2.30. The van der Waals surface area contributed by atoms with E-state index in [4.69, 9.17) is 5.26 Å². The van der Waals surface area contributed by atoms with Crippen LogP contribution in [-0.4, -0.2) is 21.6 Å². The van der Waals surface area contributed by atoms with Crippen LogP contribution < -0.4 is 10.6 Å². The summed E-state index contributed by atoms with van der Waals surface area (Å²) in [5.41, 5.74) is 1.99. The number of nitrogens with zero attached hydrogens (tertiary/aromatic N) is 3. The highest BCUT2D eigenvalue weighted by atomic mass is 16.2. The van der Waals surface area contributed by atoms with Gasteiger partial charge in [0.2, 0.25) is 5.91 Å². The highest BCUT2D eigenvalue weighted by Gasteiger charge is 2.30. The molecule has 0 saturated heterocycles. The Labute approximate surface area is 161 Å². The van der Waals surface area contributed by atoms with Crippen molar-refractivity contribution in [3.05, 3.63) is 71.9 Å². The lowest BCUT2D eigenvalue weighted by Gasteiger charge is -2.08. The maximum absolute atomic E-state index is 12.6. The Hall–Kier alpha value is -3.92. The SMILES string of the molecule is N#Cc1ccc(NC(=O)c2cc(NC(=O)C3CC3)n(-c3ccccc3)n2)cc1. The molecule has 0 atom stereocenters. The number of nitriles is 1. The zero-order chi connectivity index (χ0) is 19.5. The Bertz CT molecular complexity index is 1060. The van der Waals surface area contributed by atoms with Crippen LogP contribution >= 0.6 is 0 Å². The van der Waals surface area contributed by atoms with Gasteiger partial charge in [-0.1, -0.05) is 18.2 Å². The quantitative estimate of drug-likeness (QED) is 0.718. The van der Waals surface area contributed by atoms with Gasteiger partial charge < -0.3 is 10.6 Å². The number of anilines is 2. The van der Waals surface area contributed by atoms with Crippen LogP contribution in [0, 0.1) is 17.2 Å². The minimum atomic E-state index is -0.402. The third kappa shape index (κ3) is 3.76. The third-order valence-corrected chi connectivity index (χ3v) is 4.41. The van der Waals surface area contributed by atoms with E-state index in [0.29, 0.717) is 17.1 Å². The molecular formula is C21H17N5O2. The second-order valence-corrected chi connectivity index (χ2v) is 6.57. The molecule has 7 nitrogen and oxygen atoms in total. The summed E-state index contributed by atoms with van der Waals surface area (Å²) in [6.45, 7) is 0. The van der Waals surface area contributed by atoms with Gasteiger partial charge in [-0.3, -0.25) is 9.59 Å². The molecule has 2 aromatic carbocycles. The van der Waals surface area contributed by atoms with Gasteiger partial charge in [-0.15, -0.1) is 0 Å². The largest absolute Gasteiger partial charge is 0.321 e. The molecule has 1 aliphatic carbocycles. The molecule has 1 aliphatic rings. The summed E-state index contributed by atoms with van der Waals surface area (Å²) in [7, 11) is 0. The second kappa shape index (κ2) is 7.37. The molecule has 7 heteroatoms. The van der Waals surface area contributed by atoms with Crippen LogP contribution in [0.2, 0.25) is 0 Å². The summed E-state index contributed by atoms with van der Waals surface area (Å²) in [6.07, 6.45) is 1.77. The highest BCUT2D eigenvalue weighted by molar-refractivity contribution is 6.04. The van der Waals surface area contributed by atoms with Gasteiger partial charge in [-0.2, -0.15) is 10.4 Å². The first-order chi connectivity index (χ1) is 13.6. The lowest BCUT2D eigenvalue weighted by atomic mass is 10.2. The maximum Gasteiger partial charge on any atom is 0.276 e. The molecule has 1 saturated carbocycles. The van der Waals surface area contributed by atoms with E-state index in [2.05, 4.69) is 15.7 Å². The molecule has 0 radical (unpaired) electrons. The van der Waals surface area contributed by atoms with Gasteiger partial charge >= 0.3 is 0 Å². The molecule has 2 amide bonds. The second-order valence-electron chi connectivity index (χ2n) is 6.57. The first-order valence-corrected chi connectivity index (χ1v) is 8.92. The number of rotatable bonds is 5. The molecule has 3 aromatic rings. The van der Waals surface area contributed by atoms with Crippen molar-refractivity contribution in [1.82, 2.24) is 9.78 Å². The number of hydrogen-bond donors (Lipinski definition) is 2. The van der Waals surface area contributed by atoms with Crippen molar-refractivity contribution < 1.29 is 9.59 Å². The molecule has 1 heterocycles. The summed E-state index contributed by atoms with van der Waals surface area (Å²) in [5, 5.41) is 18.9. The average Bonchev–Trinajstić information content (AvgIpc) is 3.50. The van der Waals surface area contributed by atoms with Gasteiger partial charge in [-0.05, 0) is 49.2 Å². The Kier molecular flexibility index (Phi) is 4.60. The zero-order valence-corrected chi connectivity index (χ0v) is 14.9. The lowest BCUT2D eigenvalue weighted by molar-refractivity contribution is -0.117. The van der Waals surface area contributed by atoms with Crippen molar-refractivity contribution in [2.75, 3.05) is 10.6 Å². The molecule has 0 unspecified atom stereocenters. The van der Waals surface area contributed by atoms with Crippen molar-refractivity contribution in [3.63, 3.8) is 0 Å². The molecule has 4 rings (SSSR count). The smallest absolute Gasteiger partial charge is 0.276 e. The predicted octanol–water partition coefficient (Wildman–Crippen LogP) is 3.34. The van der Waals surface area contributed by atoms with Crippen LogP contribution in [0.4, 0.5) is 11.5 Å². The fraction of sp³-hybridized carbons (Fsp3) is 0.143. The van der Waals surface area contributed by atoms with E-state index in [9.17, 15) is 9.59 Å². The number of benzene rings is 2.